The van der Waals surface area contributed by atoms with E-state index >= 15 is 0 Å². The molecule has 11 N–H and O–H groups in total. The van der Waals surface area contributed by atoms with Gasteiger partial charge in [-0.1, -0.05) is 78.0 Å². The summed E-state index contributed by atoms with van der Waals surface area (Å²) in [6.45, 7) is 21.3. The van der Waals surface area contributed by atoms with Gasteiger partial charge in [0.05, 0.1) is 90.9 Å². The largest absolute Gasteiger partial charge is 1.00 e. The fourth-order valence-corrected chi connectivity index (χ4v) is 16.3. The van der Waals surface area contributed by atoms with Gasteiger partial charge >= 0.3 is 53.4 Å². The van der Waals surface area contributed by atoms with Crippen molar-refractivity contribution in [1.82, 2.24) is 45.0 Å². The summed E-state index contributed by atoms with van der Waals surface area (Å²) in [6, 6.07) is 28.4. The zero-order valence-electron chi connectivity index (χ0n) is 65.1. The molecule has 4 aliphatic heterocycles. The minimum Gasteiger partial charge on any atom is -1.00 e. The van der Waals surface area contributed by atoms with Crippen LogP contribution in [0, 0.1) is 23.7 Å². The molecule has 577 valence electrons. The van der Waals surface area contributed by atoms with Gasteiger partial charge < -0.3 is 58.7 Å². The van der Waals surface area contributed by atoms with Crippen molar-refractivity contribution in [3.05, 3.63) is 162 Å². The number of rotatable bonds is 14. The zero-order valence-corrected chi connectivity index (χ0v) is 69.3. The number of aliphatic hydroxyl groups is 4. The van der Waals surface area contributed by atoms with Crippen LogP contribution in [0.1, 0.15) is 180 Å². The number of allylic oxidation sites excluding steroid dienone is 1. The van der Waals surface area contributed by atoms with Gasteiger partial charge in [0.15, 0.2) is 0 Å². The summed E-state index contributed by atoms with van der Waals surface area (Å²) in [5.41, 5.74) is 23.7. The number of ketones is 1. The monoisotopic (exact) mass is 1580 g/mol. The van der Waals surface area contributed by atoms with Gasteiger partial charge in [-0.15, -0.1) is 45.3 Å². The van der Waals surface area contributed by atoms with Crippen LogP contribution in [0.4, 0.5) is 22.1 Å². The van der Waals surface area contributed by atoms with Crippen LogP contribution in [0.2, 0.25) is 0 Å². The fraction of sp³-hybridized carbons (Fsp3) is 0.425. The Labute approximate surface area is 682 Å². The maximum atomic E-state index is 13.2. The summed E-state index contributed by atoms with van der Waals surface area (Å²) in [7, 11) is 0. The van der Waals surface area contributed by atoms with E-state index in [9.17, 15) is 34.2 Å². The Morgan fingerprint density at radius 3 is 1.67 bits per heavy atom. The second-order valence-corrected chi connectivity index (χ2v) is 33.3. The molecule has 3 radical (unpaired) electrons. The van der Waals surface area contributed by atoms with Crippen LogP contribution in [0.25, 0.3) is 46.6 Å². The average molecular weight is 1580 g/mol. The molecule has 10 heterocycles. The Morgan fingerprint density at radius 1 is 0.627 bits per heavy atom. The number of anilines is 3. The number of pyridine rings is 2. The summed E-state index contributed by atoms with van der Waals surface area (Å²) >= 11 is 6.06. The number of carboxylic acid groups (broad SMARTS) is 1. The number of nitrogens with two attached hydrogens (primary N) is 2. The maximum absolute atomic E-state index is 13.2. The molecular weight excluding hydrogens is 1480 g/mol. The third-order valence-corrected chi connectivity index (χ3v) is 23.0. The van der Waals surface area contributed by atoms with Crippen molar-refractivity contribution < 1.29 is 85.2 Å². The van der Waals surface area contributed by atoms with Gasteiger partial charge in [-0.3, -0.25) is 24.3 Å². The number of aromatic nitrogens is 6. The molecule has 3 amide bonds. The fourth-order valence-electron chi connectivity index (χ4n) is 13.1. The second kappa shape index (κ2) is 40.4. The first-order chi connectivity index (χ1) is 51.7. The Balaban J connectivity index is 0.000000196. The standard InChI is InChI=1S/C23H27N5O3S.C19H24N2O3S.C14H18N2OS.C14H16N2OS.C10H12N2O3.B.Na.H/c1-3-14-8-16(10-25-21(14)24)26-22(30)23(31)28-11-13(2)4-6-18(28)15-5-7-19-17(9-15)27-20(12-29)32-19;1-12-5-7-15(21(10-12)18(23)24-19(2,3)4)13-6-8-16-14(9-13)20-17(11-22)25-16;2*1-9-2-4-11(15-7-9)10-3-5-13-12(6-10)16-14(8-17)18-13;1-2-7-3-6(5-12-9(7)11)4-8(13)10(14)15;;;/h5,7-10,13,18,29H,3-4,6,11-12H2,1-2H3,(H2,24,25)(H,26,30);6-9,12,22H,5,10-11H2,1-4H3;3,5-6,9,11,15,17H,2,4,7-8H2,1H3;3,5-6,9,17H,2,4,7-8H2,1H3;3,5H,2,4H2,1H3,(H2,11,12)(H,14,15);;;/q;;;;;;+1;-1/t13-,18+;12-;9-,11+;9-;;;;/m0000..../s1. The van der Waals surface area contributed by atoms with E-state index in [1.165, 1.54) is 71.2 Å². The number of thiazole rings is 4. The van der Waals surface area contributed by atoms with Crippen molar-refractivity contribution in [3.8, 4) is 0 Å². The molecule has 14 rings (SSSR count). The van der Waals surface area contributed by atoms with Crippen LogP contribution in [0.5, 0.6) is 0 Å². The number of carboxylic acids is 1. The third kappa shape index (κ3) is 23.3. The van der Waals surface area contributed by atoms with E-state index in [1.54, 1.807) is 44.6 Å². The first-order valence-corrected chi connectivity index (χ1v) is 39.8. The Morgan fingerprint density at radius 2 is 1.15 bits per heavy atom. The number of aryl methyl sites for hydroxylation is 2. The summed E-state index contributed by atoms with van der Waals surface area (Å²) in [5, 5.41) is 54.5. The number of carbonyl (C=O) groups is 5. The van der Waals surface area contributed by atoms with Crippen molar-refractivity contribution >= 4 is 153 Å². The summed E-state index contributed by atoms with van der Waals surface area (Å²) in [4.78, 5) is 93.8. The van der Waals surface area contributed by atoms with E-state index in [4.69, 9.17) is 31.5 Å². The molecule has 0 bridgehead atoms. The van der Waals surface area contributed by atoms with Crippen LogP contribution < -0.4 is 51.7 Å². The molecule has 0 spiro atoms. The molecule has 110 heavy (non-hydrogen) atoms. The van der Waals surface area contributed by atoms with Gasteiger partial charge in [0.2, 0.25) is 5.78 Å². The molecule has 6 atom stereocenters. The zero-order chi connectivity index (χ0) is 77.5. The quantitative estimate of drug-likeness (QED) is 0.0361. The minimum absolute atomic E-state index is 0. The molecule has 0 saturated carbocycles. The predicted octanol–water partition coefficient (Wildman–Crippen LogP) is 10.7. The molecule has 0 unspecified atom stereocenters. The molecule has 24 nitrogen and oxygen atoms in total. The van der Waals surface area contributed by atoms with Gasteiger partial charge in [-0.05, 0) is 197 Å². The van der Waals surface area contributed by atoms with Crippen molar-refractivity contribution in [2.24, 2.45) is 28.7 Å². The number of nitrogens with one attached hydrogen (secondary N) is 2. The van der Waals surface area contributed by atoms with Gasteiger partial charge in [0.1, 0.15) is 37.3 Å². The SMILES string of the molecule is CCc1cc(CC(=O)C(=O)O)cnc1N.CCc1cc(NC(=O)C(=O)N2C[C@@H](C)CC[C@@H]2c2ccc3sc(CO)nc3c2)cnc1N.C[C@H]1CC=C(c2ccc3sc(CO)nc3c2)N(C(=O)OC(C)(C)C)C1.C[C@H]1CCC(c2ccc3sc(CO)nc3c2)=NC1.C[C@H]1CC[C@H](c2ccc3sc(CO)nc3c2)NC1.[B].[H-].[Na+]. The number of ether oxygens (including phenoxy) is 1. The maximum Gasteiger partial charge on any atom is 1.00 e. The number of fused-ring (bicyclic) bond motifs is 4. The van der Waals surface area contributed by atoms with Gasteiger partial charge in [-0.25, -0.2) is 39.5 Å². The van der Waals surface area contributed by atoms with Gasteiger partial charge in [0.25, 0.3) is 0 Å². The van der Waals surface area contributed by atoms with Crippen molar-refractivity contribution in [2.45, 2.75) is 171 Å². The normalized spacial score (nSPS) is 18.3. The minimum atomic E-state index is -1.43. The molecule has 4 aromatic carbocycles. The van der Waals surface area contributed by atoms with Gasteiger partial charge in [-0.2, -0.15) is 0 Å². The molecule has 10 aromatic rings. The topological polar surface area (TPSA) is 368 Å². The first kappa shape index (κ1) is 87.5. The summed E-state index contributed by atoms with van der Waals surface area (Å²) in [5.74, 6) is -0.498. The number of benzene rings is 4. The molecule has 0 aliphatic carbocycles. The predicted molar refractivity (Wildman–Crippen MR) is 437 cm³/mol. The van der Waals surface area contributed by atoms with Gasteiger partial charge in [0, 0.05) is 58.0 Å². The Bertz CT molecular complexity index is 4920. The second-order valence-electron chi connectivity index (χ2n) is 28.9. The number of aliphatic imine (C=N–C) groups is 1. The molecule has 2 fully saturated rings. The van der Waals surface area contributed by atoms with Crippen LogP contribution in [-0.4, -0.2) is 141 Å². The molecular formula is C80H98BN13NaO11S4. The number of hydrogen-bond acceptors (Lipinski definition) is 24. The summed E-state index contributed by atoms with van der Waals surface area (Å²) in [6.07, 6.45) is 13.3. The van der Waals surface area contributed by atoms with E-state index in [0.29, 0.717) is 82.6 Å². The molecule has 30 heteroatoms. The Hall–Kier alpha value is -8.04. The van der Waals surface area contributed by atoms with Crippen LogP contribution in [-0.2, 0) is 69.6 Å². The van der Waals surface area contributed by atoms with Crippen molar-refractivity contribution in [2.75, 3.05) is 43.0 Å². The van der Waals surface area contributed by atoms with E-state index in [1.807, 2.05) is 71.0 Å². The number of likely N-dealkylation sites (tertiary alicyclic amines) is 1. The van der Waals surface area contributed by atoms with E-state index in [-0.39, 0.29) is 84.4 Å². The number of piperidine rings is 2. The number of hydrogen-bond donors (Lipinski definition) is 9. The molecule has 4 aliphatic rings. The number of Topliss-reactive ketones (excluding diaryl/α,β-unsaturated/α-hetero) is 1. The average Bonchev–Trinajstić information content (AvgIpc) is 1.70. The van der Waals surface area contributed by atoms with E-state index in [2.05, 4.69) is 116 Å². The number of aliphatic hydroxyl groups excluding tert-OH is 4. The van der Waals surface area contributed by atoms with E-state index in [0.717, 1.165) is 124 Å². The van der Waals surface area contributed by atoms with Crippen LogP contribution >= 0.6 is 45.3 Å². The number of amides is 3. The first-order valence-electron chi connectivity index (χ1n) is 36.6. The van der Waals surface area contributed by atoms with Crippen LogP contribution in [0.3, 0.4) is 0 Å². The smallest absolute Gasteiger partial charge is 1.00 e. The number of carbonyl (C=O) groups excluding carboxylic acids is 4. The van der Waals surface area contributed by atoms with Crippen LogP contribution in [0.15, 0.2) is 108 Å². The number of aliphatic carboxylic acids is 1. The van der Waals surface area contributed by atoms with Crippen molar-refractivity contribution in [3.63, 3.8) is 0 Å². The molecule has 6 aromatic heterocycles. The number of nitrogen functional groups attached to an aromatic ring is 2. The summed E-state index contributed by atoms with van der Waals surface area (Å²) < 4.78 is 9.89. The Kier molecular flexibility index (Phi) is 32.2. The number of nitrogens with zero attached hydrogens (tertiary/aromatic N) is 9. The van der Waals surface area contributed by atoms with E-state index < -0.39 is 29.2 Å². The molecule has 2 saturated heterocycles. The third-order valence-electron chi connectivity index (χ3n) is 18.9. The van der Waals surface area contributed by atoms with Crippen molar-refractivity contribution in [1.29, 1.82) is 0 Å².